The van der Waals surface area contributed by atoms with Crippen LogP contribution in [-0.2, 0) is 0 Å². The normalized spacial score (nSPS) is 10.7. The number of thioether (sulfide) groups is 1. The molecule has 3 N–H and O–H groups in total. The van der Waals surface area contributed by atoms with Gasteiger partial charge < -0.3 is 11.1 Å². The molecule has 2 aromatic rings. The van der Waals surface area contributed by atoms with Crippen molar-refractivity contribution in [1.82, 2.24) is 15.0 Å². The highest BCUT2D eigenvalue weighted by Crippen LogP contribution is 2.32. The first-order chi connectivity index (χ1) is 9.04. The zero-order chi connectivity index (χ0) is 13.8. The second kappa shape index (κ2) is 5.98. The highest BCUT2D eigenvalue weighted by atomic mass is 35.5. The van der Waals surface area contributed by atoms with Gasteiger partial charge in [0.1, 0.15) is 0 Å². The van der Waals surface area contributed by atoms with Crippen molar-refractivity contribution in [2.24, 2.45) is 0 Å². The summed E-state index contributed by atoms with van der Waals surface area (Å²) in [6.07, 6.45) is 0. The zero-order valence-corrected chi connectivity index (χ0v) is 10.9. The Kier molecular flexibility index (Phi) is 4.33. The second-order valence-corrected chi connectivity index (χ2v) is 4.66. The molecular formula is C10H8ClF2N5S. The summed E-state index contributed by atoms with van der Waals surface area (Å²) >= 11 is 6.05. The summed E-state index contributed by atoms with van der Waals surface area (Å²) in [4.78, 5) is 11.6. The van der Waals surface area contributed by atoms with Gasteiger partial charge >= 0.3 is 0 Å². The molecule has 2 rings (SSSR count). The van der Waals surface area contributed by atoms with E-state index in [2.05, 4.69) is 20.3 Å². The van der Waals surface area contributed by atoms with E-state index in [0.717, 1.165) is 0 Å². The molecular weight excluding hydrogens is 296 g/mol. The average Bonchev–Trinajstić information content (AvgIpc) is 2.29. The van der Waals surface area contributed by atoms with E-state index in [-0.39, 0.29) is 17.2 Å². The van der Waals surface area contributed by atoms with Gasteiger partial charge in [-0.1, -0.05) is 23.9 Å². The van der Waals surface area contributed by atoms with Crippen molar-refractivity contribution < 1.29 is 8.78 Å². The van der Waals surface area contributed by atoms with E-state index < -0.39 is 5.76 Å². The summed E-state index contributed by atoms with van der Waals surface area (Å²) in [5.41, 5.74) is 5.86. The number of anilines is 3. The van der Waals surface area contributed by atoms with E-state index in [1.165, 1.54) is 0 Å². The smallest absolute Gasteiger partial charge is 0.288 e. The van der Waals surface area contributed by atoms with E-state index in [0.29, 0.717) is 22.3 Å². The minimum absolute atomic E-state index is 0.0542. The molecule has 0 atom stereocenters. The number of hydrogen-bond acceptors (Lipinski definition) is 6. The van der Waals surface area contributed by atoms with Crippen molar-refractivity contribution in [3.05, 3.63) is 29.5 Å². The first-order valence-corrected chi connectivity index (χ1v) is 6.28. The summed E-state index contributed by atoms with van der Waals surface area (Å²) in [6.45, 7) is 0. The fourth-order valence-electron chi connectivity index (χ4n) is 1.31. The van der Waals surface area contributed by atoms with Crippen LogP contribution in [0.5, 0.6) is 0 Å². The molecule has 1 aromatic carbocycles. The number of halogens is 3. The number of nitrogen functional groups attached to an aromatic ring is 1. The highest BCUT2D eigenvalue weighted by Gasteiger charge is 2.11. The minimum atomic E-state index is -2.52. The van der Waals surface area contributed by atoms with Crippen LogP contribution in [0.15, 0.2) is 29.2 Å². The Balaban J connectivity index is 2.27. The number of rotatable bonds is 4. The second-order valence-electron chi connectivity index (χ2n) is 3.29. The highest BCUT2D eigenvalue weighted by molar-refractivity contribution is 7.99. The number of hydrogen-bond donors (Lipinski definition) is 2. The van der Waals surface area contributed by atoms with E-state index in [1.54, 1.807) is 24.3 Å². The van der Waals surface area contributed by atoms with Crippen molar-refractivity contribution in [3.63, 3.8) is 0 Å². The summed E-state index contributed by atoms with van der Waals surface area (Å²) in [5, 5.41) is 2.70. The zero-order valence-electron chi connectivity index (χ0n) is 9.35. The molecule has 0 bridgehead atoms. The molecule has 9 heteroatoms. The van der Waals surface area contributed by atoms with E-state index >= 15 is 0 Å². The van der Waals surface area contributed by atoms with Crippen LogP contribution in [0.25, 0.3) is 0 Å². The van der Waals surface area contributed by atoms with Gasteiger partial charge in [-0.2, -0.15) is 23.7 Å². The van der Waals surface area contributed by atoms with Crippen LogP contribution in [0.1, 0.15) is 0 Å². The van der Waals surface area contributed by atoms with Gasteiger partial charge in [-0.3, -0.25) is 0 Å². The fraction of sp³-hybridized carbons (Fsp3) is 0.100. The molecule has 0 aliphatic heterocycles. The average molecular weight is 304 g/mol. The first kappa shape index (κ1) is 13.8. The maximum absolute atomic E-state index is 12.4. The van der Waals surface area contributed by atoms with Crippen molar-refractivity contribution in [3.8, 4) is 0 Å². The van der Waals surface area contributed by atoms with Gasteiger partial charge in [0.05, 0.1) is 5.69 Å². The Bertz CT molecular complexity index is 563. The van der Waals surface area contributed by atoms with E-state index in [1.807, 2.05) is 0 Å². The SMILES string of the molecule is Nc1nc(Cl)nc(Nc2ccccc2SC(F)F)n1. The van der Waals surface area contributed by atoms with Gasteiger partial charge in [-0.25, -0.2) is 0 Å². The number of benzene rings is 1. The molecule has 1 aromatic heterocycles. The first-order valence-electron chi connectivity index (χ1n) is 5.02. The third-order valence-electron chi connectivity index (χ3n) is 1.98. The van der Waals surface area contributed by atoms with Crippen LogP contribution in [0.4, 0.5) is 26.4 Å². The predicted octanol–water partition coefficient (Wildman–Crippen LogP) is 3.17. The topological polar surface area (TPSA) is 76.7 Å². The molecule has 0 saturated carbocycles. The largest absolute Gasteiger partial charge is 0.368 e. The molecule has 0 spiro atoms. The van der Waals surface area contributed by atoms with Gasteiger partial charge in [0, 0.05) is 4.90 Å². The molecule has 100 valence electrons. The molecule has 0 fully saturated rings. The molecule has 5 nitrogen and oxygen atoms in total. The molecule has 0 aliphatic rings. The molecule has 0 unspecified atom stereocenters. The Morgan fingerprint density at radius 3 is 2.63 bits per heavy atom. The molecule has 0 aliphatic carbocycles. The Labute approximate surface area is 116 Å². The molecule has 0 amide bonds. The van der Waals surface area contributed by atoms with Crippen LogP contribution in [-0.4, -0.2) is 20.7 Å². The standard InChI is InChI=1S/C10H8ClF2N5S/c11-7-16-9(14)18-10(17-7)15-5-3-1-2-4-6(5)19-8(12)13/h1-4,8H,(H3,14,15,16,17,18). The Morgan fingerprint density at radius 1 is 1.21 bits per heavy atom. The van der Waals surface area contributed by atoms with Gasteiger partial charge in [0.15, 0.2) is 0 Å². The minimum Gasteiger partial charge on any atom is -0.368 e. The number of aromatic nitrogens is 3. The lowest BCUT2D eigenvalue weighted by atomic mass is 10.3. The Morgan fingerprint density at radius 2 is 1.95 bits per heavy atom. The number of nitrogens with one attached hydrogen (secondary N) is 1. The van der Waals surface area contributed by atoms with Gasteiger partial charge in [0.25, 0.3) is 5.76 Å². The van der Waals surface area contributed by atoms with Crippen molar-refractivity contribution in [2.75, 3.05) is 11.1 Å². The molecule has 1 heterocycles. The van der Waals surface area contributed by atoms with Crippen molar-refractivity contribution in [2.45, 2.75) is 10.7 Å². The molecule has 0 saturated heterocycles. The number of para-hydroxylation sites is 1. The number of nitrogens with zero attached hydrogens (tertiary/aromatic N) is 3. The fourth-order valence-corrected chi connectivity index (χ4v) is 2.07. The van der Waals surface area contributed by atoms with Crippen LogP contribution in [0, 0.1) is 0 Å². The number of nitrogens with two attached hydrogens (primary N) is 1. The molecule has 0 radical (unpaired) electrons. The van der Waals surface area contributed by atoms with Crippen LogP contribution in [0.3, 0.4) is 0 Å². The lowest BCUT2D eigenvalue weighted by molar-refractivity contribution is 0.252. The summed E-state index contributed by atoms with van der Waals surface area (Å²) in [6, 6.07) is 6.54. The maximum atomic E-state index is 12.4. The van der Waals surface area contributed by atoms with E-state index in [9.17, 15) is 8.78 Å². The van der Waals surface area contributed by atoms with Gasteiger partial charge in [-0.05, 0) is 23.7 Å². The lowest BCUT2D eigenvalue weighted by Gasteiger charge is -2.10. The number of alkyl halides is 2. The third-order valence-corrected chi connectivity index (χ3v) is 2.93. The Hall–Kier alpha value is -1.67. The van der Waals surface area contributed by atoms with Crippen molar-refractivity contribution in [1.29, 1.82) is 0 Å². The molecule has 19 heavy (non-hydrogen) atoms. The van der Waals surface area contributed by atoms with E-state index in [4.69, 9.17) is 17.3 Å². The summed E-state index contributed by atoms with van der Waals surface area (Å²) in [5.74, 6) is -2.48. The van der Waals surface area contributed by atoms with Gasteiger partial charge in [-0.15, -0.1) is 0 Å². The van der Waals surface area contributed by atoms with Crippen molar-refractivity contribution >= 4 is 40.9 Å². The van der Waals surface area contributed by atoms with Crippen LogP contribution < -0.4 is 11.1 Å². The monoisotopic (exact) mass is 303 g/mol. The van der Waals surface area contributed by atoms with Crippen LogP contribution in [0.2, 0.25) is 5.28 Å². The lowest BCUT2D eigenvalue weighted by Crippen LogP contribution is -2.04. The summed E-state index contributed by atoms with van der Waals surface area (Å²) in [7, 11) is 0. The maximum Gasteiger partial charge on any atom is 0.288 e. The third kappa shape index (κ3) is 3.90. The predicted molar refractivity (Wildman–Crippen MR) is 70.8 cm³/mol. The van der Waals surface area contributed by atoms with Gasteiger partial charge in [0.2, 0.25) is 17.2 Å². The quantitative estimate of drug-likeness (QED) is 0.845. The van der Waals surface area contributed by atoms with Crippen LogP contribution >= 0.6 is 23.4 Å². The summed E-state index contributed by atoms with van der Waals surface area (Å²) < 4.78 is 24.8.